The van der Waals surface area contributed by atoms with Crippen molar-refractivity contribution in [3.05, 3.63) is 30.3 Å². The lowest BCUT2D eigenvalue weighted by molar-refractivity contribution is -0.137. The first-order valence-electron chi connectivity index (χ1n) is 7.09. The topological polar surface area (TPSA) is 81.1 Å². The number of β-amino-alcohol motifs (C(OH)–C–C–N with tert-alkyl or cyclic N) is 1. The number of anilines is 1. The molecule has 1 aliphatic heterocycles. The summed E-state index contributed by atoms with van der Waals surface area (Å²) in [4.78, 5) is 26.4. The van der Waals surface area contributed by atoms with Gasteiger partial charge < -0.3 is 15.1 Å². The number of benzene rings is 1. The number of hydrogen-bond acceptors (Lipinski definition) is 3. The van der Waals surface area contributed by atoms with Crippen LogP contribution in [0.25, 0.3) is 0 Å². The summed E-state index contributed by atoms with van der Waals surface area (Å²) in [6.07, 6.45) is 0.542. The predicted octanol–water partition coefficient (Wildman–Crippen LogP) is 1.54. The molecule has 1 heterocycles. The number of urea groups is 1. The number of carbonyl (C=O) groups excluding carboxylic acids is 1. The van der Waals surface area contributed by atoms with E-state index in [4.69, 9.17) is 5.11 Å². The summed E-state index contributed by atoms with van der Waals surface area (Å²) in [6, 6.07) is 9.01. The van der Waals surface area contributed by atoms with Crippen LogP contribution < -0.4 is 4.90 Å². The lowest BCUT2D eigenvalue weighted by Gasteiger charge is -2.28. The highest BCUT2D eigenvalue weighted by Crippen LogP contribution is 2.19. The summed E-state index contributed by atoms with van der Waals surface area (Å²) in [5, 5.41) is 18.3. The lowest BCUT2D eigenvalue weighted by atomic mass is 10.2. The minimum absolute atomic E-state index is 0.0270. The van der Waals surface area contributed by atoms with Crippen LogP contribution in [0.5, 0.6) is 0 Å². The number of hydrogen-bond donors (Lipinski definition) is 2. The molecule has 6 nitrogen and oxygen atoms in total. The van der Waals surface area contributed by atoms with E-state index < -0.39 is 12.1 Å². The van der Waals surface area contributed by atoms with Crippen LogP contribution in [-0.2, 0) is 4.79 Å². The Labute approximate surface area is 123 Å². The van der Waals surface area contributed by atoms with Gasteiger partial charge in [0.05, 0.1) is 6.10 Å². The Morgan fingerprint density at radius 3 is 2.57 bits per heavy atom. The highest BCUT2D eigenvalue weighted by molar-refractivity contribution is 5.92. The first-order chi connectivity index (χ1) is 10.1. The Morgan fingerprint density at radius 1 is 1.29 bits per heavy atom. The molecule has 1 saturated heterocycles. The largest absolute Gasteiger partial charge is 0.481 e. The van der Waals surface area contributed by atoms with E-state index in [1.54, 1.807) is 9.80 Å². The molecule has 1 atom stereocenters. The summed E-state index contributed by atoms with van der Waals surface area (Å²) in [7, 11) is 0. The SMILES string of the molecule is O=C(O)CCCN(C(=O)N1CCC(O)C1)c1ccccc1. The van der Waals surface area contributed by atoms with Crippen molar-refractivity contribution in [3.63, 3.8) is 0 Å². The van der Waals surface area contributed by atoms with E-state index in [2.05, 4.69) is 0 Å². The molecule has 2 N–H and O–H groups in total. The second-order valence-corrected chi connectivity index (χ2v) is 5.16. The number of likely N-dealkylation sites (tertiary alicyclic amines) is 1. The van der Waals surface area contributed by atoms with Gasteiger partial charge in [0.1, 0.15) is 0 Å². The molecule has 1 aliphatic rings. The van der Waals surface area contributed by atoms with Crippen molar-refractivity contribution in [2.75, 3.05) is 24.5 Å². The van der Waals surface area contributed by atoms with Gasteiger partial charge in [0, 0.05) is 31.7 Å². The Hall–Kier alpha value is -2.08. The molecular formula is C15H20N2O4. The molecule has 2 rings (SSSR count). The second-order valence-electron chi connectivity index (χ2n) is 5.16. The van der Waals surface area contributed by atoms with E-state index in [1.807, 2.05) is 30.3 Å². The summed E-state index contributed by atoms with van der Waals surface area (Å²) in [5.74, 6) is -0.868. The Bertz CT molecular complexity index is 492. The number of rotatable bonds is 5. The molecule has 0 aliphatic carbocycles. The van der Waals surface area contributed by atoms with Crippen LogP contribution in [0, 0.1) is 0 Å². The van der Waals surface area contributed by atoms with Gasteiger partial charge in [0.15, 0.2) is 0 Å². The zero-order valence-electron chi connectivity index (χ0n) is 11.8. The van der Waals surface area contributed by atoms with Gasteiger partial charge in [-0.25, -0.2) is 4.79 Å². The highest BCUT2D eigenvalue weighted by atomic mass is 16.4. The standard InChI is InChI=1S/C15H20N2O4/c18-13-8-10-16(11-13)15(21)17(9-4-7-14(19)20)12-5-2-1-3-6-12/h1-3,5-6,13,18H,4,7-11H2,(H,19,20). The Balaban J connectivity index is 2.07. The summed E-state index contributed by atoms with van der Waals surface area (Å²) < 4.78 is 0. The molecule has 1 aromatic carbocycles. The Morgan fingerprint density at radius 2 is 2.00 bits per heavy atom. The molecule has 0 saturated carbocycles. The molecule has 21 heavy (non-hydrogen) atoms. The minimum Gasteiger partial charge on any atom is -0.481 e. The molecule has 2 amide bonds. The van der Waals surface area contributed by atoms with Crippen LogP contribution in [0.1, 0.15) is 19.3 Å². The van der Waals surface area contributed by atoms with Crippen LogP contribution in [0.3, 0.4) is 0 Å². The quantitative estimate of drug-likeness (QED) is 0.862. The first kappa shape index (κ1) is 15.3. The van der Waals surface area contributed by atoms with Gasteiger partial charge in [0.25, 0.3) is 0 Å². The van der Waals surface area contributed by atoms with Crippen LogP contribution in [-0.4, -0.2) is 52.9 Å². The number of carboxylic acid groups (broad SMARTS) is 1. The Kier molecular flexibility index (Phi) is 5.16. The number of aliphatic carboxylic acids is 1. The van der Waals surface area contributed by atoms with E-state index in [0.29, 0.717) is 32.5 Å². The van der Waals surface area contributed by atoms with Gasteiger partial charge in [0.2, 0.25) is 0 Å². The number of nitrogens with zero attached hydrogens (tertiary/aromatic N) is 2. The van der Waals surface area contributed by atoms with Crippen LogP contribution in [0.4, 0.5) is 10.5 Å². The molecule has 1 unspecified atom stereocenters. The monoisotopic (exact) mass is 292 g/mol. The minimum atomic E-state index is -0.868. The third-order valence-electron chi connectivity index (χ3n) is 3.51. The maximum atomic E-state index is 12.6. The molecule has 0 radical (unpaired) electrons. The molecule has 1 aromatic rings. The number of para-hydroxylation sites is 1. The van der Waals surface area contributed by atoms with Crippen molar-refractivity contribution >= 4 is 17.7 Å². The van der Waals surface area contributed by atoms with E-state index in [9.17, 15) is 14.7 Å². The molecule has 0 spiro atoms. The van der Waals surface area contributed by atoms with Crippen molar-refractivity contribution in [3.8, 4) is 0 Å². The third kappa shape index (κ3) is 4.19. The number of carbonyl (C=O) groups is 2. The molecule has 0 bridgehead atoms. The van der Waals surface area contributed by atoms with E-state index in [-0.39, 0.29) is 12.5 Å². The van der Waals surface area contributed by atoms with Gasteiger partial charge in [-0.2, -0.15) is 0 Å². The maximum absolute atomic E-state index is 12.6. The average Bonchev–Trinajstić information content (AvgIpc) is 2.90. The fourth-order valence-electron chi connectivity index (χ4n) is 2.42. The molecule has 0 aromatic heterocycles. The maximum Gasteiger partial charge on any atom is 0.324 e. The van der Waals surface area contributed by atoms with Crippen molar-refractivity contribution in [1.82, 2.24) is 4.90 Å². The van der Waals surface area contributed by atoms with E-state index in [1.165, 1.54) is 0 Å². The smallest absolute Gasteiger partial charge is 0.324 e. The molecule has 6 heteroatoms. The van der Waals surface area contributed by atoms with Gasteiger partial charge in [-0.3, -0.25) is 9.69 Å². The highest BCUT2D eigenvalue weighted by Gasteiger charge is 2.28. The number of aliphatic hydroxyl groups is 1. The van der Waals surface area contributed by atoms with E-state index in [0.717, 1.165) is 5.69 Å². The third-order valence-corrected chi connectivity index (χ3v) is 3.51. The normalized spacial score (nSPS) is 17.8. The van der Waals surface area contributed by atoms with Crippen LogP contribution in [0.2, 0.25) is 0 Å². The average molecular weight is 292 g/mol. The zero-order valence-corrected chi connectivity index (χ0v) is 11.8. The van der Waals surface area contributed by atoms with Crippen molar-refractivity contribution in [1.29, 1.82) is 0 Å². The van der Waals surface area contributed by atoms with Crippen molar-refractivity contribution < 1.29 is 19.8 Å². The van der Waals surface area contributed by atoms with Crippen LogP contribution >= 0.6 is 0 Å². The predicted molar refractivity (Wildman–Crippen MR) is 78.3 cm³/mol. The van der Waals surface area contributed by atoms with Crippen LogP contribution in [0.15, 0.2) is 30.3 Å². The summed E-state index contributed by atoms with van der Waals surface area (Å²) in [6.45, 7) is 1.21. The zero-order chi connectivity index (χ0) is 15.2. The first-order valence-corrected chi connectivity index (χ1v) is 7.09. The number of carboxylic acids is 1. The molecular weight excluding hydrogens is 272 g/mol. The van der Waals surface area contributed by atoms with E-state index >= 15 is 0 Å². The number of aliphatic hydroxyl groups excluding tert-OH is 1. The van der Waals surface area contributed by atoms with Gasteiger partial charge in [-0.1, -0.05) is 18.2 Å². The summed E-state index contributed by atoms with van der Waals surface area (Å²) in [5.41, 5.74) is 0.745. The van der Waals surface area contributed by atoms with Gasteiger partial charge >= 0.3 is 12.0 Å². The molecule has 1 fully saturated rings. The second kappa shape index (κ2) is 7.08. The fourth-order valence-corrected chi connectivity index (χ4v) is 2.42. The molecule has 114 valence electrons. The summed E-state index contributed by atoms with van der Waals surface area (Å²) >= 11 is 0. The van der Waals surface area contributed by atoms with Gasteiger partial charge in [-0.15, -0.1) is 0 Å². The van der Waals surface area contributed by atoms with Crippen molar-refractivity contribution in [2.45, 2.75) is 25.4 Å². The van der Waals surface area contributed by atoms with Crippen molar-refractivity contribution in [2.24, 2.45) is 0 Å². The lowest BCUT2D eigenvalue weighted by Crippen LogP contribution is -2.43. The number of amides is 2. The fraction of sp³-hybridized carbons (Fsp3) is 0.467. The van der Waals surface area contributed by atoms with Gasteiger partial charge in [-0.05, 0) is 25.0 Å².